The number of rotatable bonds is 5. The fourth-order valence-electron chi connectivity index (χ4n) is 1.22. The molecule has 0 radical (unpaired) electrons. The van der Waals surface area contributed by atoms with Crippen LogP contribution in [-0.4, -0.2) is 16.3 Å². The van der Waals surface area contributed by atoms with Gasteiger partial charge in [-0.1, -0.05) is 24.9 Å². The number of nitrogens with two attached hydrogens (primary N) is 1. The molecule has 0 saturated carbocycles. The van der Waals surface area contributed by atoms with Crippen LogP contribution in [0.4, 0.5) is 13.2 Å². The van der Waals surface area contributed by atoms with Crippen molar-refractivity contribution in [3.63, 3.8) is 0 Å². The van der Waals surface area contributed by atoms with E-state index in [0.29, 0.717) is 6.42 Å². The largest absolute Gasteiger partial charge is 0.396 e. The molecule has 0 aliphatic rings. The molecule has 1 atom stereocenters. The van der Waals surface area contributed by atoms with Crippen LogP contribution >= 0.6 is 0 Å². The molecule has 0 fully saturated rings. The van der Waals surface area contributed by atoms with Crippen LogP contribution in [0.5, 0.6) is 0 Å². The highest BCUT2D eigenvalue weighted by Crippen LogP contribution is 2.21. The van der Waals surface area contributed by atoms with Crippen LogP contribution < -0.4 is 5.73 Å². The number of hydrogen-bond acceptors (Lipinski definition) is 4. The Morgan fingerprint density at radius 3 is 2.69 bits per heavy atom. The summed E-state index contributed by atoms with van der Waals surface area (Å²) in [4.78, 5) is 3.63. The minimum absolute atomic E-state index is 0.0766. The lowest BCUT2D eigenvalue weighted by atomic mass is 10.1. The van der Waals surface area contributed by atoms with Gasteiger partial charge >= 0.3 is 6.18 Å². The Hall–Kier alpha value is -1.11. The van der Waals surface area contributed by atoms with E-state index in [9.17, 15) is 13.2 Å². The first-order valence-electron chi connectivity index (χ1n) is 5.07. The maximum atomic E-state index is 12.0. The molecule has 16 heavy (non-hydrogen) atoms. The van der Waals surface area contributed by atoms with Crippen LogP contribution in [0, 0.1) is 0 Å². The summed E-state index contributed by atoms with van der Waals surface area (Å²) in [7, 11) is 0. The number of hydrogen-bond donors (Lipinski definition) is 1. The van der Waals surface area contributed by atoms with E-state index >= 15 is 0 Å². The van der Waals surface area contributed by atoms with Gasteiger partial charge < -0.3 is 10.3 Å². The van der Waals surface area contributed by atoms with Crippen molar-refractivity contribution in [1.82, 2.24) is 10.1 Å². The van der Waals surface area contributed by atoms with Crippen molar-refractivity contribution < 1.29 is 17.7 Å². The van der Waals surface area contributed by atoms with E-state index in [1.807, 2.05) is 6.92 Å². The van der Waals surface area contributed by atoms with E-state index in [1.54, 1.807) is 0 Å². The molecule has 2 N–H and O–H groups in total. The van der Waals surface area contributed by atoms with Crippen molar-refractivity contribution in [3.8, 4) is 0 Å². The first kappa shape index (κ1) is 13.0. The molecule has 0 aromatic carbocycles. The number of unbranched alkanes of at least 4 members (excludes halogenated alkanes) is 1. The fraction of sp³-hybridized carbons (Fsp3) is 0.778. The molecule has 92 valence electrons. The Kier molecular flexibility index (Phi) is 4.28. The summed E-state index contributed by atoms with van der Waals surface area (Å²) in [6.07, 6.45) is -3.05. The van der Waals surface area contributed by atoms with E-state index in [-0.39, 0.29) is 11.7 Å². The van der Waals surface area contributed by atoms with E-state index < -0.39 is 18.6 Å². The monoisotopic (exact) mass is 237 g/mol. The molecular weight excluding hydrogens is 223 g/mol. The van der Waals surface area contributed by atoms with Crippen molar-refractivity contribution in [2.24, 2.45) is 5.73 Å². The lowest BCUT2D eigenvalue weighted by Gasteiger charge is -2.04. The number of aromatic nitrogens is 2. The van der Waals surface area contributed by atoms with Gasteiger partial charge in [-0.3, -0.25) is 0 Å². The summed E-state index contributed by atoms with van der Waals surface area (Å²) in [5.41, 5.74) is 5.68. The molecule has 4 nitrogen and oxygen atoms in total. The minimum Gasteiger partial charge on any atom is -0.338 e. The Morgan fingerprint density at radius 2 is 2.12 bits per heavy atom. The topological polar surface area (TPSA) is 64.9 Å². The van der Waals surface area contributed by atoms with Gasteiger partial charge in [0.25, 0.3) is 0 Å². The molecule has 1 rings (SSSR count). The van der Waals surface area contributed by atoms with Crippen molar-refractivity contribution in [2.45, 2.75) is 44.8 Å². The fourth-order valence-corrected chi connectivity index (χ4v) is 1.22. The lowest BCUT2D eigenvalue weighted by Crippen LogP contribution is -2.14. The number of nitrogens with zero attached hydrogens (tertiary/aromatic N) is 2. The molecule has 0 amide bonds. The summed E-state index contributed by atoms with van der Waals surface area (Å²) in [6, 6.07) is -0.477. The average molecular weight is 237 g/mol. The molecule has 0 aliphatic carbocycles. The van der Waals surface area contributed by atoms with Gasteiger partial charge in [0.15, 0.2) is 5.82 Å². The van der Waals surface area contributed by atoms with Gasteiger partial charge in [0.05, 0.1) is 6.04 Å². The molecule has 0 bridgehead atoms. The smallest absolute Gasteiger partial charge is 0.338 e. The van der Waals surface area contributed by atoms with Gasteiger partial charge in [0.1, 0.15) is 6.42 Å². The van der Waals surface area contributed by atoms with Crippen molar-refractivity contribution in [2.75, 3.05) is 0 Å². The highest BCUT2D eigenvalue weighted by atomic mass is 19.4. The summed E-state index contributed by atoms with van der Waals surface area (Å²) in [5, 5.41) is 3.24. The second-order valence-electron chi connectivity index (χ2n) is 3.59. The number of halogens is 3. The summed E-state index contributed by atoms with van der Waals surface area (Å²) in [5.74, 6) is -0.290. The van der Waals surface area contributed by atoms with Gasteiger partial charge in [0.2, 0.25) is 5.89 Å². The van der Waals surface area contributed by atoms with Gasteiger partial charge in [-0.25, -0.2) is 0 Å². The van der Waals surface area contributed by atoms with Gasteiger partial charge in [0, 0.05) is 0 Å². The Morgan fingerprint density at radius 1 is 1.44 bits per heavy atom. The molecule has 1 aromatic rings. The normalized spacial score (nSPS) is 14.1. The van der Waals surface area contributed by atoms with Crippen molar-refractivity contribution in [1.29, 1.82) is 0 Å². The van der Waals surface area contributed by atoms with Crippen LogP contribution in [0.15, 0.2) is 4.52 Å². The zero-order valence-corrected chi connectivity index (χ0v) is 8.92. The summed E-state index contributed by atoms with van der Waals surface area (Å²) in [6.45, 7) is 2.00. The molecule has 0 aliphatic heterocycles. The molecule has 7 heteroatoms. The third-order valence-corrected chi connectivity index (χ3v) is 2.03. The Balaban J connectivity index is 2.57. The predicted molar refractivity (Wildman–Crippen MR) is 50.5 cm³/mol. The SMILES string of the molecule is CCCC[C@H](N)c1nc(CC(F)(F)F)no1. The first-order chi connectivity index (χ1) is 7.42. The predicted octanol–water partition coefficient (Wildman–Crippen LogP) is 2.36. The summed E-state index contributed by atoms with van der Waals surface area (Å²) < 4.78 is 40.7. The van der Waals surface area contributed by atoms with Crippen molar-refractivity contribution in [3.05, 3.63) is 11.7 Å². The van der Waals surface area contributed by atoms with Crippen LogP contribution in [0.25, 0.3) is 0 Å². The van der Waals surface area contributed by atoms with E-state index in [2.05, 4.69) is 14.7 Å². The zero-order chi connectivity index (χ0) is 12.2. The van der Waals surface area contributed by atoms with Gasteiger partial charge in [-0.15, -0.1) is 0 Å². The standard InChI is InChI=1S/C9H14F3N3O/c1-2-3-4-6(13)8-14-7(15-16-8)5-9(10,11)12/h6H,2-5,13H2,1H3/t6-/m0/s1. The van der Waals surface area contributed by atoms with Gasteiger partial charge in [-0.2, -0.15) is 18.2 Å². The molecular formula is C9H14F3N3O. The highest BCUT2D eigenvalue weighted by molar-refractivity contribution is 4.93. The minimum atomic E-state index is -4.32. The number of alkyl halides is 3. The second-order valence-corrected chi connectivity index (χ2v) is 3.59. The van der Waals surface area contributed by atoms with Crippen LogP contribution in [0.1, 0.15) is 43.9 Å². The maximum Gasteiger partial charge on any atom is 0.396 e. The van der Waals surface area contributed by atoms with E-state index in [4.69, 9.17) is 5.73 Å². The Bertz CT molecular complexity index is 324. The molecule has 0 unspecified atom stereocenters. The zero-order valence-electron chi connectivity index (χ0n) is 8.92. The van der Waals surface area contributed by atoms with Crippen LogP contribution in [0.3, 0.4) is 0 Å². The molecule has 0 saturated heterocycles. The molecule has 0 spiro atoms. The lowest BCUT2D eigenvalue weighted by molar-refractivity contribution is -0.128. The molecule has 1 heterocycles. The summed E-state index contributed by atoms with van der Waals surface area (Å²) >= 11 is 0. The maximum absolute atomic E-state index is 12.0. The van der Waals surface area contributed by atoms with Crippen molar-refractivity contribution >= 4 is 0 Å². The van der Waals surface area contributed by atoms with E-state index in [1.165, 1.54) is 0 Å². The van der Waals surface area contributed by atoms with E-state index in [0.717, 1.165) is 12.8 Å². The third kappa shape index (κ3) is 4.18. The van der Waals surface area contributed by atoms with Crippen LogP contribution in [0.2, 0.25) is 0 Å². The third-order valence-electron chi connectivity index (χ3n) is 2.03. The Labute approximate surface area is 91.0 Å². The van der Waals surface area contributed by atoms with Gasteiger partial charge in [-0.05, 0) is 6.42 Å². The average Bonchev–Trinajstić information content (AvgIpc) is 2.59. The van der Waals surface area contributed by atoms with Crippen LogP contribution in [-0.2, 0) is 6.42 Å². The second kappa shape index (κ2) is 5.29. The quantitative estimate of drug-likeness (QED) is 0.853. The first-order valence-corrected chi connectivity index (χ1v) is 5.07. The molecule has 1 aromatic heterocycles. The highest BCUT2D eigenvalue weighted by Gasteiger charge is 2.31.